The Labute approximate surface area is 131 Å². The van der Waals surface area contributed by atoms with Crippen molar-refractivity contribution in [3.05, 3.63) is 53.9 Å². The summed E-state index contributed by atoms with van der Waals surface area (Å²) in [4.78, 5) is 28.5. The van der Waals surface area contributed by atoms with Crippen molar-refractivity contribution in [3.8, 4) is 0 Å². The van der Waals surface area contributed by atoms with Crippen LogP contribution >= 0.6 is 0 Å². The van der Waals surface area contributed by atoms with Crippen LogP contribution in [0.4, 0.5) is 5.82 Å². The molecule has 0 bridgehead atoms. The predicted octanol–water partition coefficient (Wildman–Crippen LogP) is 1.88. The molecule has 0 aliphatic rings. The minimum atomic E-state index is -0.605. The van der Waals surface area contributed by atoms with Crippen LogP contribution in [0, 0.1) is 0 Å². The summed E-state index contributed by atoms with van der Waals surface area (Å²) >= 11 is 0. The summed E-state index contributed by atoms with van der Waals surface area (Å²) < 4.78 is 5.86. The molecule has 0 fully saturated rings. The Morgan fingerprint density at radius 2 is 2.13 bits per heavy atom. The molecule has 0 aliphatic heterocycles. The van der Waals surface area contributed by atoms with Crippen LogP contribution in [-0.4, -0.2) is 33.2 Å². The molecule has 0 unspecified atom stereocenters. The van der Waals surface area contributed by atoms with Crippen molar-refractivity contribution in [2.24, 2.45) is 0 Å². The highest BCUT2D eigenvalue weighted by Crippen LogP contribution is 2.17. The Morgan fingerprint density at radius 3 is 2.91 bits per heavy atom. The van der Waals surface area contributed by atoms with Gasteiger partial charge in [0.05, 0.1) is 18.3 Å². The fourth-order valence-corrected chi connectivity index (χ4v) is 2.22. The van der Waals surface area contributed by atoms with Crippen molar-refractivity contribution in [3.63, 3.8) is 0 Å². The number of hydrogen-bond acceptors (Lipinski definition) is 6. The van der Waals surface area contributed by atoms with Crippen molar-refractivity contribution >= 4 is 28.6 Å². The molecule has 2 aromatic heterocycles. The van der Waals surface area contributed by atoms with Crippen LogP contribution in [0.15, 0.2) is 42.7 Å². The minimum absolute atomic E-state index is 0.0419. The molecule has 2 heterocycles. The molecule has 1 aromatic carbocycles. The molecule has 23 heavy (non-hydrogen) atoms. The standard InChI is InChI=1S/C16H14N4O3/c1-2-23-16(22)12-9-19-20(14(12)17)15(21)11-5-6-13-10(8-11)4-3-7-18-13/h3-9H,2,17H2,1H3. The quantitative estimate of drug-likeness (QED) is 0.741. The fraction of sp³-hybridized carbons (Fsp3) is 0.125. The lowest BCUT2D eigenvalue weighted by Crippen LogP contribution is -2.17. The van der Waals surface area contributed by atoms with Crippen LogP contribution in [0.25, 0.3) is 10.9 Å². The van der Waals surface area contributed by atoms with E-state index in [1.54, 1.807) is 37.4 Å². The van der Waals surface area contributed by atoms with Gasteiger partial charge in [-0.3, -0.25) is 9.78 Å². The maximum atomic E-state index is 12.6. The molecule has 0 radical (unpaired) electrons. The summed E-state index contributed by atoms with van der Waals surface area (Å²) in [5.41, 5.74) is 7.10. The van der Waals surface area contributed by atoms with Gasteiger partial charge in [-0.2, -0.15) is 9.78 Å². The van der Waals surface area contributed by atoms with Gasteiger partial charge >= 0.3 is 5.97 Å². The fourth-order valence-electron chi connectivity index (χ4n) is 2.22. The summed E-state index contributed by atoms with van der Waals surface area (Å²) in [6.07, 6.45) is 2.91. The zero-order valence-corrected chi connectivity index (χ0v) is 12.4. The molecular formula is C16H14N4O3. The third-order valence-electron chi connectivity index (χ3n) is 3.34. The lowest BCUT2D eigenvalue weighted by Gasteiger charge is -2.05. The van der Waals surface area contributed by atoms with Gasteiger partial charge in [0.25, 0.3) is 5.91 Å². The van der Waals surface area contributed by atoms with Gasteiger partial charge < -0.3 is 10.5 Å². The third-order valence-corrected chi connectivity index (χ3v) is 3.34. The molecule has 0 atom stereocenters. The van der Waals surface area contributed by atoms with Gasteiger partial charge in [0.1, 0.15) is 11.4 Å². The number of esters is 1. The van der Waals surface area contributed by atoms with E-state index in [-0.39, 0.29) is 18.0 Å². The van der Waals surface area contributed by atoms with E-state index in [9.17, 15) is 9.59 Å². The molecule has 7 nitrogen and oxygen atoms in total. The normalized spacial score (nSPS) is 10.7. The monoisotopic (exact) mass is 310 g/mol. The average molecular weight is 310 g/mol. The number of pyridine rings is 1. The number of nitrogens with two attached hydrogens (primary N) is 1. The van der Waals surface area contributed by atoms with Crippen LogP contribution in [0.1, 0.15) is 27.6 Å². The Hall–Kier alpha value is -3.22. The molecule has 3 rings (SSSR count). The number of nitrogens with zero attached hydrogens (tertiary/aromatic N) is 3. The first-order chi connectivity index (χ1) is 11.1. The zero-order valence-electron chi connectivity index (χ0n) is 12.4. The van der Waals surface area contributed by atoms with Crippen molar-refractivity contribution in [2.75, 3.05) is 12.3 Å². The average Bonchev–Trinajstić information content (AvgIpc) is 2.95. The molecule has 0 saturated carbocycles. The van der Waals surface area contributed by atoms with Gasteiger partial charge in [-0.15, -0.1) is 0 Å². The summed E-state index contributed by atoms with van der Waals surface area (Å²) in [7, 11) is 0. The topological polar surface area (TPSA) is 100 Å². The Balaban J connectivity index is 1.97. The van der Waals surface area contributed by atoms with Gasteiger partial charge in [0, 0.05) is 17.1 Å². The molecular weight excluding hydrogens is 296 g/mol. The predicted molar refractivity (Wildman–Crippen MR) is 84.1 cm³/mol. The molecule has 3 aromatic rings. The number of aromatic nitrogens is 3. The summed E-state index contributed by atoms with van der Waals surface area (Å²) in [6, 6.07) is 8.74. The molecule has 0 aliphatic carbocycles. The van der Waals surface area contributed by atoms with Gasteiger partial charge in [0.15, 0.2) is 0 Å². The molecule has 116 valence electrons. The van der Waals surface area contributed by atoms with Crippen LogP contribution < -0.4 is 5.73 Å². The van der Waals surface area contributed by atoms with E-state index in [1.807, 2.05) is 6.07 Å². The Bertz CT molecular complexity index is 901. The van der Waals surface area contributed by atoms with Gasteiger partial charge in [-0.05, 0) is 31.2 Å². The summed E-state index contributed by atoms with van der Waals surface area (Å²) in [5, 5.41) is 4.73. The van der Waals surface area contributed by atoms with E-state index in [0.717, 1.165) is 15.6 Å². The van der Waals surface area contributed by atoms with Gasteiger partial charge in [0.2, 0.25) is 0 Å². The zero-order chi connectivity index (χ0) is 16.4. The van der Waals surface area contributed by atoms with Crippen LogP contribution in [0.2, 0.25) is 0 Å². The van der Waals surface area contributed by atoms with E-state index in [1.165, 1.54) is 6.20 Å². The highest BCUT2D eigenvalue weighted by molar-refractivity contribution is 6.03. The van der Waals surface area contributed by atoms with E-state index in [0.29, 0.717) is 5.56 Å². The lowest BCUT2D eigenvalue weighted by molar-refractivity contribution is 0.0527. The number of ether oxygens (including phenoxy) is 1. The van der Waals surface area contributed by atoms with Crippen molar-refractivity contribution < 1.29 is 14.3 Å². The molecule has 7 heteroatoms. The Kier molecular flexibility index (Phi) is 3.76. The van der Waals surface area contributed by atoms with Crippen LogP contribution in [0.3, 0.4) is 0 Å². The first kappa shape index (κ1) is 14.7. The first-order valence-electron chi connectivity index (χ1n) is 7.02. The first-order valence-corrected chi connectivity index (χ1v) is 7.02. The lowest BCUT2D eigenvalue weighted by atomic mass is 10.1. The number of nitrogen functional groups attached to an aromatic ring is 1. The van der Waals surface area contributed by atoms with Crippen LogP contribution in [0.5, 0.6) is 0 Å². The maximum absolute atomic E-state index is 12.6. The van der Waals surface area contributed by atoms with Crippen LogP contribution in [-0.2, 0) is 4.74 Å². The molecule has 0 saturated heterocycles. The number of hydrogen-bond donors (Lipinski definition) is 1. The minimum Gasteiger partial charge on any atom is -0.462 e. The van der Waals surface area contributed by atoms with E-state index in [4.69, 9.17) is 10.5 Å². The number of rotatable bonds is 3. The van der Waals surface area contributed by atoms with Crippen molar-refractivity contribution in [2.45, 2.75) is 6.92 Å². The smallest absolute Gasteiger partial charge is 0.343 e. The summed E-state index contributed by atoms with van der Waals surface area (Å²) in [6.45, 7) is 1.90. The third kappa shape index (κ3) is 2.64. The maximum Gasteiger partial charge on any atom is 0.343 e. The Morgan fingerprint density at radius 1 is 1.30 bits per heavy atom. The number of carbonyl (C=O) groups is 2. The second kappa shape index (κ2) is 5.88. The largest absolute Gasteiger partial charge is 0.462 e. The van der Waals surface area contributed by atoms with Gasteiger partial charge in [-0.1, -0.05) is 6.07 Å². The van der Waals surface area contributed by atoms with Crippen molar-refractivity contribution in [1.82, 2.24) is 14.8 Å². The SMILES string of the molecule is CCOC(=O)c1cnn(C(=O)c2ccc3ncccc3c2)c1N. The number of benzene rings is 1. The molecule has 2 N–H and O–H groups in total. The molecule has 0 amide bonds. The van der Waals surface area contributed by atoms with E-state index < -0.39 is 11.9 Å². The highest BCUT2D eigenvalue weighted by Gasteiger charge is 2.20. The number of fused-ring (bicyclic) bond motifs is 1. The second-order valence-electron chi connectivity index (χ2n) is 4.79. The highest BCUT2D eigenvalue weighted by atomic mass is 16.5. The van der Waals surface area contributed by atoms with E-state index in [2.05, 4.69) is 10.1 Å². The van der Waals surface area contributed by atoms with Crippen molar-refractivity contribution in [1.29, 1.82) is 0 Å². The summed E-state index contributed by atoms with van der Waals surface area (Å²) in [5.74, 6) is -1.07. The second-order valence-corrected chi connectivity index (χ2v) is 4.79. The molecule has 0 spiro atoms. The van der Waals surface area contributed by atoms with E-state index >= 15 is 0 Å². The number of carbonyl (C=O) groups excluding carboxylic acids is 2. The van der Waals surface area contributed by atoms with Gasteiger partial charge in [-0.25, -0.2) is 4.79 Å². The number of anilines is 1.